The topological polar surface area (TPSA) is 56.9 Å². The maximum atomic E-state index is 12.7. The van der Waals surface area contributed by atoms with Crippen LogP contribution in [-0.4, -0.2) is 53.6 Å². The molecule has 24 heavy (non-hydrogen) atoms. The minimum absolute atomic E-state index is 0.293. The highest BCUT2D eigenvalue weighted by atomic mass is 19.4. The minimum Gasteiger partial charge on any atom is -0.460 e. The molecule has 3 rings (SSSR count). The Bertz CT molecular complexity index is 734. The van der Waals surface area contributed by atoms with Gasteiger partial charge in [0.1, 0.15) is 18.0 Å². The maximum Gasteiger partial charge on any atom is 0.416 e. The fourth-order valence-corrected chi connectivity index (χ4v) is 2.83. The number of hydrogen-bond acceptors (Lipinski definition) is 4. The van der Waals surface area contributed by atoms with Crippen molar-refractivity contribution in [1.29, 1.82) is 0 Å². The number of benzene rings is 1. The van der Waals surface area contributed by atoms with Crippen molar-refractivity contribution in [1.82, 2.24) is 9.80 Å². The van der Waals surface area contributed by atoms with Crippen molar-refractivity contribution < 1.29 is 27.5 Å². The van der Waals surface area contributed by atoms with Crippen molar-refractivity contribution in [2.24, 2.45) is 0 Å². The second-order valence-electron chi connectivity index (χ2n) is 5.78. The van der Waals surface area contributed by atoms with Crippen molar-refractivity contribution in [2.45, 2.75) is 12.7 Å². The molecule has 1 aliphatic heterocycles. The Hall–Kier alpha value is -2.06. The van der Waals surface area contributed by atoms with E-state index >= 15 is 0 Å². The van der Waals surface area contributed by atoms with E-state index in [1.54, 1.807) is 11.0 Å². The Labute approximate surface area is 136 Å². The van der Waals surface area contributed by atoms with E-state index in [4.69, 9.17) is 9.52 Å². The quantitative estimate of drug-likeness (QED) is 0.928. The maximum absolute atomic E-state index is 12.7. The highest BCUT2D eigenvalue weighted by Crippen LogP contribution is 2.32. The van der Waals surface area contributed by atoms with E-state index in [0.717, 1.165) is 12.1 Å². The van der Waals surface area contributed by atoms with Gasteiger partial charge in [0.25, 0.3) is 0 Å². The first-order chi connectivity index (χ1) is 11.4. The number of hydrogen-bond donors (Lipinski definition) is 1. The Morgan fingerprint density at radius 1 is 1.17 bits per heavy atom. The third kappa shape index (κ3) is 3.54. The molecule has 5 nitrogen and oxygen atoms in total. The molecular weight excluding hydrogens is 325 g/mol. The Morgan fingerprint density at radius 3 is 2.50 bits per heavy atom. The monoisotopic (exact) mass is 342 g/mol. The average Bonchev–Trinajstić information content (AvgIpc) is 2.95. The smallest absolute Gasteiger partial charge is 0.416 e. The lowest BCUT2D eigenvalue weighted by Crippen LogP contribution is -2.49. The molecule has 0 unspecified atom stereocenters. The summed E-state index contributed by atoms with van der Waals surface area (Å²) in [5.74, 6) is 0.296. The van der Waals surface area contributed by atoms with Gasteiger partial charge in [-0.2, -0.15) is 13.2 Å². The summed E-state index contributed by atoms with van der Waals surface area (Å²) in [6.45, 7) is 2.24. The van der Waals surface area contributed by atoms with Crippen molar-refractivity contribution in [3.63, 3.8) is 0 Å². The molecule has 1 aromatic carbocycles. The van der Waals surface area contributed by atoms with Crippen LogP contribution in [0.4, 0.5) is 13.2 Å². The zero-order valence-electron chi connectivity index (χ0n) is 12.8. The zero-order chi connectivity index (χ0) is 17.3. The molecule has 130 valence electrons. The van der Waals surface area contributed by atoms with Crippen LogP contribution >= 0.6 is 0 Å². The van der Waals surface area contributed by atoms with Crippen LogP contribution in [0.3, 0.4) is 0 Å². The Balaban J connectivity index is 1.67. The van der Waals surface area contributed by atoms with Gasteiger partial charge < -0.3 is 14.4 Å². The van der Waals surface area contributed by atoms with Gasteiger partial charge in [-0.05, 0) is 24.3 Å². The van der Waals surface area contributed by atoms with Gasteiger partial charge in [0, 0.05) is 31.6 Å². The zero-order valence-corrected chi connectivity index (χ0v) is 12.8. The lowest BCUT2D eigenvalue weighted by Gasteiger charge is -2.33. The average molecular weight is 342 g/mol. The van der Waals surface area contributed by atoms with Crippen LogP contribution in [0.1, 0.15) is 11.3 Å². The predicted molar refractivity (Wildman–Crippen MR) is 80.2 cm³/mol. The summed E-state index contributed by atoms with van der Waals surface area (Å²) in [6, 6.07) is 5.05. The minimum atomic E-state index is -4.37. The molecule has 0 spiro atoms. The number of piperazine rings is 1. The fraction of sp³-hybridized carbons (Fsp3) is 0.438. The third-order valence-electron chi connectivity index (χ3n) is 4.13. The molecule has 1 aromatic heterocycles. The van der Waals surface area contributed by atoms with E-state index in [0.29, 0.717) is 49.5 Å². The first-order valence-electron chi connectivity index (χ1n) is 7.57. The number of halogens is 3. The SMILES string of the molecule is O=C(CO)N1CCN(Cc2cc3cc(C(F)(F)F)ccc3o2)CC1. The van der Waals surface area contributed by atoms with E-state index < -0.39 is 18.3 Å². The van der Waals surface area contributed by atoms with E-state index in [-0.39, 0.29) is 5.91 Å². The Kier molecular flexibility index (Phi) is 4.51. The van der Waals surface area contributed by atoms with Gasteiger partial charge in [-0.25, -0.2) is 0 Å². The molecule has 0 saturated carbocycles. The van der Waals surface area contributed by atoms with E-state index in [9.17, 15) is 18.0 Å². The van der Waals surface area contributed by atoms with Crippen molar-refractivity contribution in [3.05, 3.63) is 35.6 Å². The summed E-state index contributed by atoms with van der Waals surface area (Å²) >= 11 is 0. The number of amides is 1. The first kappa shape index (κ1) is 16.8. The predicted octanol–water partition coefficient (Wildman–Crippen LogP) is 2.09. The molecule has 0 bridgehead atoms. The Morgan fingerprint density at radius 2 is 1.88 bits per heavy atom. The fourth-order valence-electron chi connectivity index (χ4n) is 2.83. The summed E-state index contributed by atoms with van der Waals surface area (Å²) < 4.78 is 43.8. The van der Waals surface area contributed by atoms with Crippen LogP contribution < -0.4 is 0 Å². The molecule has 8 heteroatoms. The van der Waals surface area contributed by atoms with Gasteiger partial charge in [0.05, 0.1) is 12.1 Å². The molecule has 2 aromatic rings. The van der Waals surface area contributed by atoms with E-state index in [1.807, 2.05) is 0 Å². The molecule has 1 saturated heterocycles. The molecule has 0 radical (unpaired) electrons. The highest BCUT2D eigenvalue weighted by Gasteiger charge is 2.30. The first-order valence-corrected chi connectivity index (χ1v) is 7.57. The molecule has 1 amide bonds. The van der Waals surface area contributed by atoms with Gasteiger partial charge in [-0.1, -0.05) is 0 Å². The van der Waals surface area contributed by atoms with E-state index in [2.05, 4.69) is 4.90 Å². The standard InChI is InChI=1S/C16H17F3N2O3/c17-16(18,19)12-1-2-14-11(7-12)8-13(24-14)9-20-3-5-21(6-4-20)15(23)10-22/h1-2,7-8,22H,3-6,9-10H2. The number of furan rings is 1. The van der Waals surface area contributed by atoms with Gasteiger partial charge in [-0.3, -0.25) is 9.69 Å². The summed E-state index contributed by atoms with van der Waals surface area (Å²) in [6.07, 6.45) is -4.37. The number of aliphatic hydroxyl groups is 1. The number of nitrogens with zero attached hydrogens (tertiary/aromatic N) is 2. The van der Waals surface area contributed by atoms with Crippen LogP contribution in [0.15, 0.2) is 28.7 Å². The number of aliphatic hydroxyl groups excluding tert-OH is 1. The second-order valence-corrected chi connectivity index (χ2v) is 5.78. The lowest BCUT2D eigenvalue weighted by atomic mass is 10.1. The largest absolute Gasteiger partial charge is 0.460 e. The summed E-state index contributed by atoms with van der Waals surface area (Å²) in [5.41, 5.74) is -0.273. The van der Waals surface area contributed by atoms with Gasteiger partial charge in [-0.15, -0.1) is 0 Å². The van der Waals surface area contributed by atoms with Crippen LogP contribution in [0.2, 0.25) is 0 Å². The molecule has 1 N–H and O–H groups in total. The van der Waals surface area contributed by atoms with Crippen molar-refractivity contribution in [3.8, 4) is 0 Å². The molecule has 1 fully saturated rings. The van der Waals surface area contributed by atoms with Gasteiger partial charge >= 0.3 is 6.18 Å². The molecule has 1 aliphatic rings. The molecule has 0 atom stereocenters. The second kappa shape index (κ2) is 6.45. The number of rotatable bonds is 3. The van der Waals surface area contributed by atoms with Crippen LogP contribution in [0.25, 0.3) is 11.0 Å². The highest BCUT2D eigenvalue weighted by molar-refractivity contribution is 5.79. The van der Waals surface area contributed by atoms with E-state index in [1.165, 1.54) is 6.07 Å². The van der Waals surface area contributed by atoms with Gasteiger partial charge in [0.2, 0.25) is 5.91 Å². The van der Waals surface area contributed by atoms with Crippen molar-refractivity contribution >= 4 is 16.9 Å². The summed E-state index contributed by atoms with van der Waals surface area (Å²) in [7, 11) is 0. The number of fused-ring (bicyclic) bond motifs is 1. The molecular formula is C16H17F3N2O3. The van der Waals surface area contributed by atoms with Crippen molar-refractivity contribution in [2.75, 3.05) is 32.8 Å². The van der Waals surface area contributed by atoms with Crippen LogP contribution in [0, 0.1) is 0 Å². The normalized spacial score (nSPS) is 16.8. The lowest BCUT2D eigenvalue weighted by molar-refractivity contribution is -0.137. The third-order valence-corrected chi connectivity index (χ3v) is 4.13. The number of alkyl halides is 3. The summed E-state index contributed by atoms with van der Waals surface area (Å²) in [4.78, 5) is 15.1. The summed E-state index contributed by atoms with van der Waals surface area (Å²) in [5, 5.41) is 9.27. The molecule has 2 heterocycles. The van der Waals surface area contributed by atoms with Crippen LogP contribution in [-0.2, 0) is 17.5 Å². The molecule has 0 aliphatic carbocycles. The number of carbonyl (C=O) groups is 1. The number of carbonyl (C=O) groups excluding carboxylic acids is 1. The van der Waals surface area contributed by atoms with Gasteiger partial charge in [0.15, 0.2) is 0 Å². The van der Waals surface area contributed by atoms with Crippen LogP contribution in [0.5, 0.6) is 0 Å².